The van der Waals surface area contributed by atoms with Crippen molar-refractivity contribution >= 4 is 11.3 Å². The second-order valence-corrected chi connectivity index (χ2v) is 9.17. The van der Waals surface area contributed by atoms with Gasteiger partial charge in [-0.3, -0.25) is 0 Å². The molecule has 0 aliphatic heterocycles. The third-order valence-electron chi connectivity index (χ3n) is 4.48. The molecule has 3 nitrogen and oxygen atoms in total. The normalized spacial score (nSPS) is 11.8. The SMILES string of the molecule is COc1cccc(-c2sc(CN(C)C)nc2-c2ccc(C(C)(C)C)cc2)c1. The summed E-state index contributed by atoms with van der Waals surface area (Å²) in [7, 11) is 5.85. The molecule has 0 fully saturated rings. The van der Waals surface area contributed by atoms with Crippen LogP contribution in [0.3, 0.4) is 0 Å². The van der Waals surface area contributed by atoms with E-state index in [9.17, 15) is 0 Å². The average molecular weight is 381 g/mol. The predicted molar refractivity (Wildman–Crippen MR) is 116 cm³/mol. The van der Waals surface area contributed by atoms with Crippen LogP contribution in [0.25, 0.3) is 21.7 Å². The molecule has 4 heteroatoms. The van der Waals surface area contributed by atoms with Gasteiger partial charge in [0.2, 0.25) is 0 Å². The molecule has 0 saturated carbocycles. The Bertz CT molecular complexity index is 905. The van der Waals surface area contributed by atoms with Gasteiger partial charge in [0, 0.05) is 12.1 Å². The fourth-order valence-electron chi connectivity index (χ4n) is 2.99. The number of methoxy groups -OCH3 is 1. The number of thiazole rings is 1. The van der Waals surface area contributed by atoms with E-state index in [-0.39, 0.29) is 5.41 Å². The van der Waals surface area contributed by atoms with Crippen LogP contribution in [0.5, 0.6) is 5.75 Å². The molecule has 0 unspecified atom stereocenters. The summed E-state index contributed by atoms with van der Waals surface area (Å²) in [5, 5.41) is 1.12. The van der Waals surface area contributed by atoms with Crippen LogP contribution in [-0.2, 0) is 12.0 Å². The number of nitrogens with zero attached hydrogens (tertiary/aromatic N) is 2. The minimum absolute atomic E-state index is 0.145. The van der Waals surface area contributed by atoms with Gasteiger partial charge < -0.3 is 9.64 Å². The van der Waals surface area contributed by atoms with E-state index >= 15 is 0 Å². The molecule has 0 bridgehead atoms. The molecule has 0 N–H and O–H groups in total. The van der Waals surface area contributed by atoms with Crippen LogP contribution in [0, 0.1) is 0 Å². The van der Waals surface area contributed by atoms with Gasteiger partial charge in [-0.1, -0.05) is 57.2 Å². The summed E-state index contributed by atoms with van der Waals surface area (Å²) in [6.07, 6.45) is 0. The number of hydrogen-bond acceptors (Lipinski definition) is 4. The summed E-state index contributed by atoms with van der Waals surface area (Å²) in [6.45, 7) is 7.55. The van der Waals surface area contributed by atoms with Crippen LogP contribution < -0.4 is 4.74 Å². The smallest absolute Gasteiger partial charge is 0.119 e. The van der Waals surface area contributed by atoms with Gasteiger partial charge in [-0.25, -0.2) is 4.98 Å². The third-order valence-corrected chi connectivity index (χ3v) is 5.57. The topological polar surface area (TPSA) is 25.4 Å². The van der Waals surface area contributed by atoms with Crippen molar-refractivity contribution in [3.05, 3.63) is 59.1 Å². The first-order valence-electron chi connectivity index (χ1n) is 9.17. The Labute approximate surface area is 166 Å². The van der Waals surface area contributed by atoms with E-state index in [2.05, 4.69) is 76.2 Å². The van der Waals surface area contributed by atoms with E-state index in [4.69, 9.17) is 9.72 Å². The highest BCUT2D eigenvalue weighted by Gasteiger charge is 2.18. The van der Waals surface area contributed by atoms with Crippen molar-refractivity contribution < 1.29 is 4.74 Å². The fourth-order valence-corrected chi connectivity index (χ4v) is 4.19. The Kier molecular flexibility index (Phi) is 5.68. The van der Waals surface area contributed by atoms with Crippen molar-refractivity contribution in [1.29, 1.82) is 0 Å². The Morgan fingerprint density at radius 2 is 1.70 bits per heavy atom. The maximum Gasteiger partial charge on any atom is 0.119 e. The number of rotatable bonds is 5. The molecule has 2 aromatic carbocycles. The van der Waals surface area contributed by atoms with Crippen LogP contribution in [0.1, 0.15) is 31.3 Å². The van der Waals surface area contributed by atoms with Gasteiger partial charge in [-0.2, -0.15) is 0 Å². The molecular weight excluding hydrogens is 352 g/mol. The number of benzene rings is 2. The average Bonchev–Trinajstić information content (AvgIpc) is 3.04. The lowest BCUT2D eigenvalue weighted by atomic mass is 9.86. The van der Waals surface area contributed by atoms with Gasteiger partial charge in [-0.05, 0) is 42.8 Å². The molecule has 0 saturated heterocycles. The molecule has 0 radical (unpaired) electrons. The van der Waals surface area contributed by atoms with Crippen molar-refractivity contribution in [3.8, 4) is 27.4 Å². The highest BCUT2D eigenvalue weighted by molar-refractivity contribution is 7.15. The minimum atomic E-state index is 0.145. The van der Waals surface area contributed by atoms with Crippen LogP contribution >= 0.6 is 11.3 Å². The van der Waals surface area contributed by atoms with Crippen molar-refractivity contribution in [2.75, 3.05) is 21.2 Å². The van der Waals surface area contributed by atoms with Crippen LogP contribution in [0.2, 0.25) is 0 Å². The molecule has 0 aliphatic rings. The second kappa shape index (κ2) is 7.83. The standard InChI is InChI=1S/C23H28N2OS/c1-23(2,3)18-12-10-16(11-13-18)21-22(27-20(24-21)15-25(4)5)17-8-7-9-19(14-17)26-6/h7-14H,15H2,1-6H3. The highest BCUT2D eigenvalue weighted by Crippen LogP contribution is 2.39. The zero-order valence-electron chi connectivity index (χ0n) is 17.0. The Morgan fingerprint density at radius 1 is 1.00 bits per heavy atom. The maximum atomic E-state index is 5.42. The van der Waals surface area contributed by atoms with E-state index in [0.29, 0.717) is 0 Å². The van der Waals surface area contributed by atoms with Gasteiger partial charge in [0.15, 0.2) is 0 Å². The van der Waals surface area contributed by atoms with Crippen molar-refractivity contribution in [1.82, 2.24) is 9.88 Å². The van der Waals surface area contributed by atoms with Gasteiger partial charge >= 0.3 is 0 Å². The van der Waals surface area contributed by atoms with Crippen LogP contribution in [0.15, 0.2) is 48.5 Å². The Morgan fingerprint density at radius 3 is 2.30 bits per heavy atom. The summed E-state index contributed by atoms with van der Waals surface area (Å²) in [5.74, 6) is 0.865. The van der Waals surface area contributed by atoms with Crippen molar-refractivity contribution in [2.24, 2.45) is 0 Å². The fraction of sp³-hybridized carbons (Fsp3) is 0.348. The molecule has 0 aliphatic carbocycles. The van der Waals surface area contributed by atoms with E-state index in [1.807, 2.05) is 12.1 Å². The molecule has 3 aromatic rings. The molecule has 3 rings (SSSR count). The lowest BCUT2D eigenvalue weighted by Crippen LogP contribution is -2.10. The van der Waals surface area contributed by atoms with Gasteiger partial charge in [0.1, 0.15) is 10.8 Å². The first-order valence-corrected chi connectivity index (χ1v) is 9.99. The molecule has 0 atom stereocenters. The molecule has 1 heterocycles. The largest absolute Gasteiger partial charge is 0.497 e. The number of aromatic nitrogens is 1. The zero-order valence-corrected chi connectivity index (χ0v) is 17.9. The van der Waals surface area contributed by atoms with Crippen molar-refractivity contribution in [2.45, 2.75) is 32.7 Å². The zero-order chi connectivity index (χ0) is 19.6. The van der Waals surface area contributed by atoms with Gasteiger partial charge in [0.05, 0.1) is 17.7 Å². The van der Waals surface area contributed by atoms with Crippen LogP contribution in [-0.4, -0.2) is 31.1 Å². The summed E-state index contributed by atoms with van der Waals surface area (Å²) in [5.41, 5.74) is 4.82. The first-order chi connectivity index (χ1) is 12.8. The lowest BCUT2D eigenvalue weighted by Gasteiger charge is -2.19. The van der Waals surface area contributed by atoms with E-state index in [1.165, 1.54) is 10.4 Å². The molecular formula is C23H28N2OS. The monoisotopic (exact) mass is 380 g/mol. The van der Waals surface area contributed by atoms with Crippen LogP contribution in [0.4, 0.5) is 0 Å². The van der Waals surface area contributed by atoms with E-state index < -0.39 is 0 Å². The molecule has 142 valence electrons. The summed E-state index contributed by atoms with van der Waals surface area (Å²) in [6, 6.07) is 17.0. The Hall–Kier alpha value is -2.17. The summed E-state index contributed by atoms with van der Waals surface area (Å²) < 4.78 is 5.42. The van der Waals surface area contributed by atoms with Crippen molar-refractivity contribution in [3.63, 3.8) is 0 Å². The molecule has 0 spiro atoms. The first kappa shape index (κ1) is 19.6. The maximum absolute atomic E-state index is 5.42. The number of hydrogen-bond donors (Lipinski definition) is 0. The summed E-state index contributed by atoms with van der Waals surface area (Å²) >= 11 is 1.76. The van der Waals surface area contributed by atoms with Gasteiger partial charge in [-0.15, -0.1) is 11.3 Å². The van der Waals surface area contributed by atoms with E-state index in [1.54, 1.807) is 18.4 Å². The number of ether oxygens (including phenoxy) is 1. The molecule has 1 aromatic heterocycles. The lowest BCUT2D eigenvalue weighted by molar-refractivity contribution is 0.402. The second-order valence-electron chi connectivity index (χ2n) is 8.08. The minimum Gasteiger partial charge on any atom is -0.497 e. The third kappa shape index (κ3) is 4.57. The highest BCUT2D eigenvalue weighted by atomic mass is 32.1. The predicted octanol–water partition coefficient (Wildman–Crippen LogP) is 5.84. The molecule has 27 heavy (non-hydrogen) atoms. The molecule has 0 amide bonds. The van der Waals surface area contributed by atoms with Gasteiger partial charge in [0.25, 0.3) is 0 Å². The quantitative estimate of drug-likeness (QED) is 0.555. The van der Waals surface area contributed by atoms with E-state index in [0.717, 1.165) is 34.1 Å². The Balaban J connectivity index is 2.08. The summed E-state index contributed by atoms with van der Waals surface area (Å²) in [4.78, 5) is 8.32.